The molecule has 200 valence electrons. The van der Waals surface area contributed by atoms with E-state index < -0.39 is 23.6 Å². The van der Waals surface area contributed by atoms with Crippen molar-refractivity contribution in [1.29, 1.82) is 0 Å². The molecule has 0 aliphatic carbocycles. The first-order valence-corrected chi connectivity index (χ1v) is 12.5. The summed E-state index contributed by atoms with van der Waals surface area (Å²) in [5.41, 5.74) is 0.295. The SMILES string of the molecule is CN1CCC(CN2CCN(c3c(F)cc(N(C)C4CCC(=O)NC4=O)cc3F)CC2)CC1.O=CCO. The molecule has 1 atom stereocenters. The van der Waals surface area contributed by atoms with Crippen LogP contribution in [0.5, 0.6) is 0 Å². The number of aliphatic hydroxyl groups excluding tert-OH is 1. The maximum atomic E-state index is 15.0. The molecule has 0 bridgehead atoms. The van der Waals surface area contributed by atoms with E-state index in [0.29, 0.717) is 37.4 Å². The van der Waals surface area contributed by atoms with Crippen LogP contribution in [0.2, 0.25) is 0 Å². The van der Waals surface area contributed by atoms with E-state index in [1.54, 1.807) is 11.9 Å². The van der Waals surface area contributed by atoms with Crippen LogP contribution in [-0.4, -0.2) is 106 Å². The number of anilines is 2. The van der Waals surface area contributed by atoms with Crippen LogP contribution < -0.4 is 15.1 Å². The van der Waals surface area contributed by atoms with Gasteiger partial charge in [-0.25, -0.2) is 8.78 Å². The largest absolute Gasteiger partial charge is 0.389 e. The molecular formula is C25H37F2N5O4. The van der Waals surface area contributed by atoms with Gasteiger partial charge in [-0.3, -0.25) is 19.8 Å². The molecule has 2 N–H and O–H groups in total. The number of aldehydes is 1. The molecule has 3 saturated heterocycles. The number of nitrogens with one attached hydrogen (secondary N) is 1. The number of imide groups is 1. The van der Waals surface area contributed by atoms with Crippen LogP contribution in [0.4, 0.5) is 20.2 Å². The van der Waals surface area contributed by atoms with Crippen LogP contribution in [0.25, 0.3) is 0 Å². The zero-order valence-electron chi connectivity index (χ0n) is 21.1. The summed E-state index contributed by atoms with van der Waals surface area (Å²) in [6.45, 7) is 5.74. The van der Waals surface area contributed by atoms with E-state index in [1.807, 2.05) is 0 Å². The number of piperazine rings is 1. The van der Waals surface area contributed by atoms with Gasteiger partial charge in [-0.05, 0) is 57.5 Å². The van der Waals surface area contributed by atoms with Crippen molar-refractivity contribution in [2.24, 2.45) is 5.92 Å². The maximum Gasteiger partial charge on any atom is 0.249 e. The molecule has 3 aliphatic heterocycles. The van der Waals surface area contributed by atoms with Gasteiger partial charge in [0.05, 0.1) is 6.61 Å². The molecule has 9 nitrogen and oxygen atoms in total. The predicted octanol–water partition coefficient (Wildman–Crippen LogP) is 0.848. The highest BCUT2D eigenvalue weighted by atomic mass is 19.1. The van der Waals surface area contributed by atoms with Crippen LogP contribution >= 0.6 is 0 Å². The quantitative estimate of drug-likeness (QED) is 0.431. The number of rotatable bonds is 6. The van der Waals surface area contributed by atoms with Crippen molar-refractivity contribution >= 4 is 29.5 Å². The van der Waals surface area contributed by atoms with E-state index in [4.69, 9.17) is 9.90 Å². The second-order valence-electron chi connectivity index (χ2n) is 9.72. The van der Waals surface area contributed by atoms with Gasteiger partial charge in [-0.1, -0.05) is 0 Å². The minimum Gasteiger partial charge on any atom is -0.389 e. The number of carbonyl (C=O) groups is 3. The van der Waals surface area contributed by atoms with E-state index in [-0.39, 0.29) is 24.6 Å². The van der Waals surface area contributed by atoms with Crippen LogP contribution in [0, 0.1) is 17.6 Å². The van der Waals surface area contributed by atoms with E-state index in [0.717, 1.165) is 32.7 Å². The molecule has 0 spiro atoms. The number of piperidine rings is 2. The van der Waals surface area contributed by atoms with Crippen molar-refractivity contribution in [3.05, 3.63) is 23.8 Å². The fourth-order valence-electron chi connectivity index (χ4n) is 5.05. The topological polar surface area (TPSA) is 96.4 Å². The fourth-order valence-corrected chi connectivity index (χ4v) is 5.05. The lowest BCUT2D eigenvalue weighted by Gasteiger charge is -2.39. The first kappa shape index (κ1) is 27.9. The number of hydrogen-bond acceptors (Lipinski definition) is 8. The van der Waals surface area contributed by atoms with Gasteiger partial charge < -0.3 is 24.6 Å². The summed E-state index contributed by atoms with van der Waals surface area (Å²) in [6.07, 6.45) is 3.39. The first-order chi connectivity index (χ1) is 17.2. The molecule has 3 heterocycles. The second kappa shape index (κ2) is 13.1. The van der Waals surface area contributed by atoms with E-state index in [9.17, 15) is 9.59 Å². The molecule has 36 heavy (non-hydrogen) atoms. The number of hydrogen-bond donors (Lipinski definition) is 2. The van der Waals surface area contributed by atoms with Crippen LogP contribution in [-0.2, 0) is 14.4 Å². The van der Waals surface area contributed by atoms with Gasteiger partial charge in [0.15, 0.2) is 11.6 Å². The monoisotopic (exact) mass is 509 g/mol. The third kappa shape index (κ3) is 7.21. The van der Waals surface area contributed by atoms with Gasteiger partial charge in [-0.2, -0.15) is 0 Å². The highest BCUT2D eigenvalue weighted by Crippen LogP contribution is 2.31. The molecule has 1 unspecified atom stereocenters. The lowest BCUT2D eigenvalue weighted by Crippen LogP contribution is -2.51. The zero-order valence-corrected chi connectivity index (χ0v) is 21.1. The van der Waals surface area contributed by atoms with Crippen molar-refractivity contribution in [2.75, 3.05) is 76.3 Å². The van der Waals surface area contributed by atoms with Crippen molar-refractivity contribution in [2.45, 2.75) is 31.7 Å². The number of halogens is 2. The molecule has 0 radical (unpaired) electrons. The summed E-state index contributed by atoms with van der Waals surface area (Å²) in [4.78, 5) is 40.5. The van der Waals surface area contributed by atoms with Crippen LogP contribution in [0.3, 0.4) is 0 Å². The fraction of sp³-hybridized carbons (Fsp3) is 0.640. The van der Waals surface area contributed by atoms with E-state index in [2.05, 4.69) is 22.2 Å². The molecular weight excluding hydrogens is 472 g/mol. The Morgan fingerprint density at radius 2 is 1.64 bits per heavy atom. The van der Waals surface area contributed by atoms with Gasteiger partial charge >= 0.3 is 0 Å². The number of likely N-dealkylation sites (N-methyl/N-ethyl adjacent to an activating group) is 1. The van der Waals surface area contributed by atoms with Crippen molar-refractivity contribution < 1.29 is 28.3 Å². The zero-order chi connectivity index (χ0) is 26.2. The van der Waals surface area contributed by atoms with Gasteiger partial charge in [0.25, 0.3) is 0 Å². The second-order valence-corrected chi connectivity index (χ2v) is 9.72. The molecule has 2 amide bonds. The maximum absolute atomic E-state index is 15.0. The summed E-state index contributed by atoms with van der Waals surface area (Å²) in [5.74, 6) is -1.30. The minimum atomic E-state index is -0.625. The lowest BCUT2D eigenvalue weighted by molar-refractivity contribution is -0.134. The third-order valence-electron chi connectivity index (χ3n) is 7.20. The summed E-state index contributed by atoms with van der Waals surface area (Å²) in [6, 6.07) is 1.94. The number of benzene rings is 1. The average Bonchev–Trinajstić information content (AvgIpc) is 2.86. The number of nitrogens with zero attached hydrogens (tertiary/aromatic N) is 4. The lowest BCUT2D eigenvalue weighted by atomic mass is 9.96. The molecule has 0 saturated carbocycles. The van der Waals surface area contributed by atoms with Crippen molar-refractivity contribution in [3.8, 4) is 0 Å². The summed E-state index contributed by atoms with van der Waals surface area (Å²) in [7, 11) is 3.78. The van der Waals surface area contributed by atoms with E-state index in [1.165, 1.54) is 29.9 Å². The van der Waals surface area contributed by atoms with Crippen molar-refractivity contribution in [3.63, 3.8) is 0 Å². The van der Waals surface area contributed by atoms with E-state index >= 15 is 8.78 Å². The predicted molar refractivity (Wildman–Crippen MR) is 133 cm³/mol. The highest BCUT2D eigenvalue weighted by Gasteiger charge is 2.31. The smallest absolute Gasteiger partial charge is 0.249 e. The summed E-state index contributed by atoms with van der Waals surface area (Å²) >= 11 is 0. The molecule has 4 rings (SSSR count). The summed E-state index contributed by atoms with van der Waals surface area (Å²) in [5, 5.41) is 9.79. The molecule has 11 heteroatoms. The number of aliphatic hydroxyl groups is 1. The Morgan fingerprint density at radius 3 is 2.17 bits per heavy atom. The van der Waals surface area contributed by atoms with Crippen LogP contribution in [0.15, 0.2) is 12.1 Å². The highest BCUT2D eigenvalue weighted by molar-refractivity contribution is 6.01. The first-order valence-electron chi connectivity index (χ1n) is 12.5. The Bertz CT molecular complexity index is 895. The van der Waals surface area contributed by atoms with Gasteiger partial charge in [-0.15, -0.1) is 0 Å². The molecule has 1 aromatic carbocycles. The number of carbonyl (C=O) groups excluding carboxylic acids is 3. The molecule has 3 aliphatic rings. The molecule has 3 fully saturated rings. The third-order valence-corrected chi connectivity index (χ3v) is 7.20. The Labute approximate surface area is 211 Å². The van der Waals surface area contributed by atoms with Gasteiger partial charge in [0.1, 0.15) is 18.0 Å². The van der Waals surface area contributed by atoms with Crippen LogP contribution in [0.1, 0.15) is 25.7 Å². The Kier molecular flexibility index (Phi) is 10.1. The van der Waals surface area contributed by atoms with Gasteiger partial charge in [0, 0.05) is 51.9 Å². The standard InChI is InChI=1S/C23H33F2N5O2.C2H4O2/c1-27-7-5-16(6-8-27)15-29-9-11-30(12-10-29)22-18(24)13-17(14-19(22)25)28(2)20-3-4-21(31)26-23(20)32;3-1-2-4/h13-14,16,20H,3-12,15H2,1-2H3,(H,26,31,32);1,4H,2H2. The Morgan fingerprint density at radius 1 is 1.06 bits per heavy atom. The summed E-state index contributed by atoms with van der Waals surface area (Å²) < 4.78 is 30.0. The number of likely N-dealkylation sites (tertiary alicyclic amines) is 1. The van der Waals surface area contributed by atoms with Gasteiger partial charge in [0.2, 0.25) is 11.8 Å². The average molecular weight is 510 g/mol. The molecule has 1 aromatic rings. The number of amides is 2. The normalized spacial score (nSPS) is 22.0. The minimum absolute atomic E-state index is 0.00404. The Hall–Kier alpha value is -2.63. The Balaban J connectivity index is 0.000000840. The molecule has 0 aromatic heterocycles. The van der Waals surface area contributed by atoms with Crippen molar-refractivity contribution in [1.82, 2.24) is 15.1 Å².